The topological polar surface area (TPSA) is 63.1 Å². The van der Waals surface area contributed by atoms with Gasteiger partial charge in [0.05, 0.1) is 21.8 Å². The summed E-state index contributed by atoms with van der Waals surface area (Å²) >= 11 is 12.4. The lowest BCUT2D eigenvalue weighted by molar-refractivity contribution is -0.126. The minimum absolute atomic E-state index is 0.0758. The second kappa shape index (κ2) is 8.50. The Balaban J connectivity index is 1.66. The first-order valence-corrected chi connectivity index (χ1v) is 10.3. The molecule has 2 aromatic heterocycles. The van der Waals surface area contributed by atoms with Gasteiger partial charge in [0.25, 0.3) is 5.91 Å². The van der Waals surface area contributed by atoms with Gasteiger partial charge in [-0.1, -0.05) is 35.3 Å². The van der Waals surface area contributed by atoms with E-state index in [4.69, 9.17) is 23.2 Å². The van der Waals surface area contributed by atoms with E-state index >= 15 is 0 Å². The van der Waals surface area contributed by atoms with Gasteiger partial charge in [-0.15, -0.1) is 0 Å². The highest BCUT2D eigenvalue weighted by molar-refractivity contribution is 6.42. The quantitative estimate of drug-likeness (QED) is 0.629. The molecule has 0 bridgehead atoms. The zero-order chi connectivity index (χ0) is 21.3. The van der Waals surface area contributed by atoms with Crippen LogP contribution in [0.4, 0.5) is 5.82 Å². The molecule has 0 aliphatic carbocycles. The molecular formula is C22H21Cl2N5O. The number of fused-ring (bicyclic) bond motifs is 1. The molecule has 1 unspecified atom stereocenters. The molecule has 1 amide bonds. The van der Waals surface area contributed by atoms with Crippen molar-refractivity contribution >= 4 is 34.9 Å². The zero-order valence-corrected chi connectivity index (χ0v) is 18.2. The van der Waals surface area contributed by atoms with Gasteiger partial charge >= 0.3 is 0 Å². The molecule has 0 saturated heterocycles. The Hall–Kier alpha value is -2.83. The van der Waals surface area contributed by atoms with Crippen molar-refractivity contribution < 1.29 is 4.79 Å². The summed E-state index contributed by atoms with van der Waals surface area (Å²) in [6.07, 6.45) is 4.14. The lowest BCUT2D eigenvalue weighted by atomic mass is 9.94. The van der Waals surface area contributed by atoms with E-state index in [1.54, 1.807) is 41.2 Å². The molecule has 1 atom stereocenters. The third kappa shape index (κ3) is 3.93. The first kappa shape index (κ1) is 20.4. The van der Waals surface area contributed by atoms with Gasteiger partial charge in [-0.25, -0.2) is 4.68 Å². The fourth-order valence-electron chi connectivity index (χ4n) is 3.61. The van der Waals surface area contributed by atoms with Gasteiger partial charge in [0.15, 0.2) is 0 Å². The summed E-state index contributed by atoms with van der Waals surface area (Å²) in [6, 6.07) is 12.7. The Labute approximate surface area is 185 Å². The zero-order valence-electron chi connectivity index (χ0n) is 16.6. The normalized spacial score (nSPS) is 15.5. The molecule has 3 heterocycles. The molecule has 0 fully saturated rings. The molecule has 1 N–H and O–H groups in total. The summed E-state index contributed by atoms with van der Waals surface area (Å²) < 4.78 is 1.80. The predicted octanol–water partition coefficient (Wildman–Crippen LogP) is 4.57. The number of amides is 1. The molecule has 0 spiro atoms. The minimum Gasteiger partial charge on any atom is -0.344 e. The average molecular weight is 442 g/mol. The fraction of sp³-hybridized carbons (Fsp3) is 0.227. The molecule has 1 aromatic carbocycles. The number of aromatic nitrogens is 3. The number of allylic oxidation sites excluding steroid dienone is 1. The number of halogens is 2. The monoisotopic (exact) mass is 441 g/mol. The van der Waals surface area contributed by atoms with Crippen molar-refractivity contribution in [2.75, 3.05) is 18.9 Å². The van der Waals surface area contributed by atoms with Crippen LogP contribution in [0.2, 0.25) is 10.0 Å². The van der Waals surface area contributed by atoms with Gasteiger partial charge in [-0.2, -0.15) is 5.10 Å². The Morgan fingerprint density at radius 2 is 2.00 bits per heavy atom. The van der Waals surface area contributed by atoms with E-state index in [9.17, 15) is 4.79 Å². The van der Waals surface area contributed by atoms with Crippen molar-refractivity contribution in [2.24, 2.45) is 0 Å². The number of hydrogen-bond donors (Lipinski definition) is 1. The average Bonchev–Trinajstić information content (AvgIpc) is 3.21. The molecule has 30 heavy (non-hydrogen) atoms. The van der Waals surface area contributed by atoms with Crippen LogP contribution >= 0.6 is 23.2 Å². The summed E-state index contributed by atoms with van der Waals surface area (Å²) in [5.41, 5.74) is 3.19. The van der Waals surface area contributed by atoms with Gasteiger partial charge in [-0.3, -0.25) is 9.78 Å². The Morgan fingerprint density at radius 3 is 2.73 bits per heavy atom. The maximum Gasteiger partial charge on any atom is 0.253 e. The number of benzene rings is 1. The van der Waals surface area contributed by atoms with Crippen molar-refractivity contribution in [1.29, 1.82) is 0 Å². The summed E-state index contributed by atoms with van der Waals surface area (Å²) in [4.78, 5) is 19.6. The van der Waals surface area contributed by atoms with Gasteiger partial charge in [0, 0.05) is 43.7 Å². The standard InChI is InChI=1S/C22H21Cl2N5O/c1-14-20(22(30)28(2)12-9-16-5-3-4-10-25-16)21(29-19(27-14)8-11-26-29)15-6-7-17(23)18(24)13-15/h3-8,10-11,13,21,27H,9,12H2,1-2H3. The summed E-state index contributed by atoms with van der Waals surface area (Å²) in [5.74, 6) is 0.740. The van der Waals surface area contributed by atoms with E-state index in [-0.39, 0.29) is 5.91 Å². The van der Waals surface area contributed by atoms with Crippen LogP contribution in [0, 0.1) is 0 Å². The number of carbonyl (C=O) groups excluding carboxylic acids is 1. The first-order valence-electron chi connectivity index (χ1n) is 9.57. The van der Waals surface area contributed by atoms with Gasteiger partial charge in [0.1, 0.15) is 11.9 Å². The second-order valence-corrected chi connectivity index (χ2v) is 8.01. The molecular weight excluding hydrogens is 421 g/mol. The molecule has 8 heteroatoms. The number of rotatable bonds is 5. The molecule has 0 radical (unpaired) electrons. The number of anilines is 1. The molecule has 0 saturated carbocycles. The van der Waals surface area contributed by atoms with E-state index < -0.39 is 6.04 Å². The van der Waals surface area contributed by atoms with Crippen LogP contribution in [0.15, 0.2) is 66.1 Å². The van der Waals surface area contributed by atoms with E-state index in [1.807, 2.05) is 37.3 Å². The third-order valence-corrected chi connectivity index (χ3v) is 5.91. The van der Waals surface area contributed by atoms with Gasteiger partial charge in [0.2, 0.25) is 0 Å². The summed E-state index contributed by atoms with van der Waals surface area (Å²) in [5, 5.41) is 8.64. The summed E-state index contributed by atoms with van der Waals surface area (Å²) in [7, 11) is 1.80. The van der Waals surface area contributed by atoms with Crippen molar-refractivity contribution in [3.05, 3.63) is 87.4 Å². The number of carbonyl (C=O) groups is 1. The van der Waals surface area contributed by atoms with E-state index in [2.05, 4.69) is 15.4 Å². The van der Waals surface area contributed by atoms with Crippen LogP contribution in [-0.2, 0) is 11.2 Å². The molecule has 4 rings (SSSR count). The highest BCUT2D eigenvalue weighted by atomic mass is 35.5. The largest absolute Gasteiger partial charge is 0.344 e. The first-order chi connectivity index (χ1) is 14.5. The molecule has 3 aromatic rings. The van der Waals surface area contributed by atoms with Crippen LogP contribution in [0.3, 0.4) is 0 Å². The van der Waals surface area contributed by atoms with Crippen LogP contribution in [-0.4, -0.2) is 39.2 Å². The van der Waals surface area contributed by atoms with E-state index in [0.29, 0.717) is 28.6 Å². The van der Waals surface area contributed by atoms with Gasteiger partial charge in [-0.05, 0) is 36.8 Å². The summed E-state index contributed by atoms with van der Waals surface area (Å²) in [6.45, 7) is 2.45. The Bertz CT molecular complexity index is 1110. The number of nitrogens with one attached hydrogen (secondary N) is 1. The highest BCUT2D eigenvalue weighted by Gasteiger charge is 2.34. The number of likely N-dealkylation sites (N-methyl/N-ethyl adjacent to an activating group) is 1. The lowest BCUT2D eigenvalue weighted by Crippen LogP contribution is -2.37. The maximum atomic E-state index is 13.5. The molecule has 1 aliphatic heterocycles. The van der Waals surface area contributed by atoms with Crippen molar-refractivity contribution in [2.45, 2.75) is 19.4 Å². The van der Waals surface area contributed by atoms with Crippen LogP contribution in [0.25, 0.3) is 0 Å². The van der Waals surface area contributed by atoms with E-state index in [0.717, 1.165) is 22.8 Å². The third-order valence-electron chi connectivity index (χ3n) is 5.17. The SMILES string of the molecule is CC1=C(C(=O)N(C)CCc2ccccn2)C(c2ccc(Cl)c(Cl)c2)n2nccc2N1. The van der Waals surface area contributed by atoms with E-state index in [1.165, 1.54) is 0 Å². The molecule has 1 aliphatic rings. The predicted molar refractivity (Wildman–Crippen MR) is 119 cm³/mol. The fourth-order valence-corrected chi connectivity index (χ4v) is 3.92. The number of nitrogens with zero attached hydrogens (tertiary/aromatic N) is 4. The molecule has 6 nitrogen and oxygen atoms in total. The maximum absolute atomic E-state index is 13.5. The van der Waals surface area contributed by atoms with Crippen LogP contribution in [0.1, 0.15) is 24.2 Å². The van der Waals surface area contributed by atoms with Crippen molar-refractivity contribution in [1.82, 2.24) is 19.7 Å². The minimum atomic E-state index is -0.407. The van der Waals surface area contributed by atoms with Gasteiger partial charge < -0.3 is 10.2 Å². The Morgan fingerprint density at radius 1 is 1.17 bits per heavy atom. The van der Waals surface area contributed by atoms with Crippen LogP contribution in [0.5, 0.6) is 0 Å². The Kier molecular flexibility index (Phi) is 5.79. The second-order valence-electron chi connectivity index (χ2n) is 7.20. The van der Waals surface area contributed by atoms with Crippen molar-refractivity contribution in [3.8, 4) is 0 Å². The smallest absolute Gasteiger partial charge is 0.253 e. The number of pyridine rings is 1. The lowest BCUT2D eigenvalue weighted by Gasteiger charge is -2.32. The number of hydrogen-bond acceptors (Lipinski definition) is 4. The van der Waals surface area contributed by atoms with Crippen LogP contribution < -0.4 is 5.32 Å². The highest BCUT2D eigenvalue weighted by Crippen LogP contribution is 2.38. The molecule has 154 valence electrons. The van der Waals surface area contributed by atoms with Crippen molar-refractivity contribution in [3.63, 3.8) is 0 Å².